The first-order valence-corrected chi connectivity index (χ1v) is 7.55. The third-order valence-electron chi connectivity index (χ3n) is 3.12. The van der Waals surface area contributed by atoms with Gasteiger partial charge in [-0.15, -0.1) is 11.3 Å². The second-order valence-corrected chi connectivity index (χ2v) is 6.42. The zero-order chi connectivity index (χ0) is 14.3. The Morgan fingerprint density at radius 3 is 2.70 bits per heavy atom. The van der Waals surface area contributed by atoms with E-state index >= 15 is 0 Å². The van der Waals surface area contributed by atoms with Crippen LogP contribution in [0.5, 0.6) is 0 Å². The lowest BCUT2D eigenvalue weighted by atomic mass is 10.1. The number of thiophene rings is 1. The quantitative estimate of drug-likeness (QED) is 0.689. The summed E-state index contributed by atoms with van der Waals surface area (Å²) in [6.45, 7) is 0. The molecule has 102 valence electrons. The maximum Gasteiger partial charge on any atom is 0.142 e. The molecule has 3 rings (SSSR count). The molecule has 1 heterocycles. The van der Waals surface area contributed by atoms with Gasteiger partial charge in [0.2, 0.25) is 0 Å². The average Bonchev–Trinajstić information content (AvgIpc) is 2.84. The second-order valence-electron chi connectivity index (χ2n) is 4.45. The van der Waals surface area contributed by atoms with Crippen molar-refractivity contribution >= 4 is 37.4 Å². The van der Waals surface area contributed by atoms with E-state index < -0.39 is 6.04 Å². The Kier molecular flexibility index (Phi) is 3.58. The lowest BCUT2D eigenvalue weighted by molar-refractivity contribution is 0.594. The van der Waals surface area contributed by atoms with E-state index in [4.69, 9.17) is 5.73 Å². The molecule has 0 radical (unpaired) electrons. The smallest absolute Gasteiger partial charge is 0.142 e. The summed E-state index contributed by atoms with van der Waals surface area (Å²) in [7, 11) is 0. The van der Waals surface area contributed by atoms with Crippen LogP contribution in [-0.2, 0) is 0 Å². The predicted molar refractivity (Wildman–Crippen MR) is 81.9 cm³/mol. The number of rotatable bonds is 2. The van der Waals surface area contributed by atoms with Gasteiger partial charge in [0.1, 0.15) is 11.6 Å². The molecule has 1 nitrogen and oxygen atoms in total. The van der Waals surface area contributed by atoms with Gasteiger partial charge < -0.3 is 5.73 Å². The summed E-state index contributed by atoms with van der Waals surface area (Å²) in [5.41, 5.74) is 6.57. The molecule has 0 aliphatic heterocycles. The highest BCUT2D eigenvalue weighted by Crippen LogP contribution is 2.34. The molecule has 0 fully saturated rings. The molecule has 5 heteroatoms. The molecule has 0 spiro atoms. The Morgan fingerprint density at radius 2 is 1.90 bits per heavy atom. The Morgan fingerprint density at radius 1 is 1.10 bits per heavy atom. The van der Waals surface area contributed by atoms with E-state index in [9.17, 15) is 8.78 Å². The summed E-state index contributed by atoms with van der Waals surface area (Å²) < 4.78 is 28.6. The van der Waals surface area contributed by atoms with Crippen molar-refractivity contribution in [1.29, 1.82) is 0 Å². The summed E-state index contributed by atoms with van der Waals surface area (Å²) in [5, 5.41) is 0.788. The molecule has 0 amide bonds. The van der Waals surface area contributed by atoms with Crippen molar-refractivity contribution in [2.24, 2.45) is 5.73 Å². The van der Waals surface area contributed by atoms with Crippen LogP contribution < -0.4 is 5.73 Å². The lowest BCUT2D eigenvalue weighted by Crippen LogP contribution is -2.12. The fourth-order valence-corrected chi connectivity index (χ4v) is 3.55. The van der Waals surface area contributed by atoms with E-state index in [1.165, 1.54) is 23.5 Å². The summed E-state index contributed by atoms with van der Waals surface area (Å²) in [5.74, 6) is -0.646. The molecule has 2 N–H and O–H groups in total. The van der Waals surface area contributed by atoms with Gasteiger partial charge in [-0.3, -0.25) is 0 Å². The standard InChI is InChI=1S/C15H10BrF2NS/c16-11-3-1-2-10(14(11)18)15(19)13-7-8-6-9(17)4-5-12(8)20-13/h1-7,15H,19H2. The SMILES string of the molecule is NC(c1cc2cc(F)ccc2s1)c1cccc(Br)c1F. The molecule has 1 atom stereocenters. The Balaban J connectivity index is 2.08. The molecule has 0 bridgehead atoms. The van der Waals surface area contributed by atoms with Crippen LogP contribution in [0.2, 0.25) is 0 Å². The monoisotopic (exact) mass is 353 g/mol. The van der Waals surface area contributed by atoms with Gasteiger partial charge >= 0.3 is 0 Å². The predicted octanol–water partition coefficient (Wildman–Crippen LogP) is 4.99. The molecule has 3 aromatic rings. The first-order chi connectivity index (χ1) is 9.56. The zero-order valence-electron chi connectivity index (χ0n) is 10.2. The largest absolute Gasteiger partial charge is 0.320 e. The highest BCUT2D eigenvalue weighted by molar-refractivity contribution is 9.10. The molecule has 0 aliphatic carbocycles. The minimum absolute atomic E-state index is 0.288. The number of halogens is 3. The van der Waals surface area contributed by atoms with E-state index in [0.717, 1.165) is 15.0 Å². The van der Waals surface area contributed by atoms with E-state index in [1.807, 2.05) is 6.07 Å². The number of nitrogens with two attached hydrogens (primary N) is 1. The van der Waals surface area contributed by atoms with Gasteiger partial charge in [-0.2, -0.15) is 0 Å². The van der Waals surface area contributed by atoms with E-state index in [-0.39, 0.29) is 11.6 Å². The fraction of sp³-hybridized carbons (Fsp3) is 0.0667. The second kappa shape index (κ2) is 5.24. The maximum absolute atomic E-state index is 14.1. The van der Waals surface area contributed by atoms with Crippen molar-refractivity contribution < 1.29 is 8.78 Å². The third kappa shape index (κ3) is 2.37. The van der Waals surface area contributed by atoms with Crippen LogP contribution in [0.25, 0.3) is 10.1 Å². The van der Waals surface area contributed by atoms with Crippen LogP contribution in [0, 0.1) is 11.6 Å². The van der Waals surface area contributed by atoms with Gasteiger partial charge in [0.15, 0.2) is 0 Å². The van der Waals surface area contributed by atoms with Crippen LogP contribution in [0.1, 0.15) is 16.5 Å². The fourth-order valence-electron chi connectivity index (χ4n) is 2.10. The Hall–Kier alpha value is -1.30. The topological polar surface area (TPSA) is 26.0 Å². The summed E-state index contributed by atoms with van der Waals surface area (Å²) >= 11 is 4.60. The minimum atomic E-state index is -0.562. The number of benzene rings is 2. The van der Waals surface area contributed by atoms with Crippen molar-refractivity contribution in [3.63, 3.8) is 0 Å². The van der Waals surface area contributed by atoms with Gasteiger partial charge in [-0.05, 0) is 51.6 Å². The summed E-state index contributed by atoms with van der Waals surface area (Å²) in [6.07, 6.45) is 0. The van der Waals surface area contributed by atoms with Gasteiger partial charge in [-0.25, -0.2) is 8.78 Å². The third-order valence-corrected chi connectivity index (χ3v) is 4.93. The average molecular weight is 354 g/mol. The molecule has 0 saturated heterocycles. The van der Waals surface area contributed by atoms with Crippen molar-refractivity contribution in [2.45, 2.75) is 6.04 Å². The van der Waals surface area contributed by atoms with Crippen molar-refractivity contribution in [2.75, 3.05) is 0 Å². The van der Waals surface area contributed by atoms with Gasteiger partial charge in [0.05, 0.1) is 10.5 Å². The van der Waals surface area contributed by atoms with Gasteiger partial charge in [0.25, 0.3) is 0 Å². The van der Waals surface area contributed by atoms with Gasteiger partial charge in [0, 0.05) is 15.1 Å². The number of fused-ring (bicyclic) bond motifs is 1. The molecular weight excluding hydrogens is 344 g/mol. The van der Waals surface area contributed by atoms with E-state index in [0.29, 0.717) is 10.0 Å². The lowest BCUT2D eigenvalue weighted by Gasteiger charge is -2.11. The van der Waals surface area contributed by atoms with Crippen LogP contribution in [0.15, 0.2) is 46.9 Å². The van der Waals surface area contributed by atoms with Crippen LogP contribution in [0.4, 0.5) is 8.78 Å². The maximum atomic E-state index is 14.1. The first-order valence-electron chi connectivity index (χ1n) is 5.95. The molecule has 0 aliphatic rings. The van der Waals surface area contributed by atoms with Crippen molar-refractivity contribution in [1.82, 2.24) is 0 Å². The van der Waals surface area contributed by atoms with E-state index in [1.54, 1.807) is 24.3 Å². The van der Waals surface area contributed by atoms with Crippen LogP contribution >= 0.6 is 27.3 Å². The van der Waals surface area contributed by atoms with E-state index in [2.05, 4.69) is 15.9 Å². The Bertz CT molecular complexity index is 785. The normalized spacial score (nSPS) is 12.8. The highest BCUT2D eigenvalue weighted by atomic mass is 79.9. The number of hydrogen-bond donors (Lipinski definition) is 1. The summed E-state index contributed by atoms with van der Waals surface area (Å²) in [4.78, 5) is 0.808. The van der Waals surface area contributed by atoms with Crippen molar-refractivity contribution in [3.8, 4) is 0 Å². The molecule has 0 saturated carbocycles. The Labute approximate surface area is 127 Å². The molecule has 20 heavy (non-hydrogen) atoms. The summed E-state index contributed by atoms with van der Waals surface area (Å²) in [6, 6.07) is 10.9. The van der Waals surface area contributed by atoms with Crippen molar-refractivity contribution in [3.05, 3.63) is 69.0 Å². The highest BCUT2D eigenvalue weighted by Gasteiger charge is 2.17. The van der Waals surface area contributed by atoms with Gasteiger partial charge in [-0.1, -0.05) is 12.1 Å². The first kappa shape index (κ1) is 13.7. The molecule has 2 aromatic carbocycles. The molecule has 1 unspecified atom stereocenters. The minimum Gasteiger partial charge on any atom is -0.320 e. The number of hydrogen-bond acceptors (Lipinski definition) is 2. The zero-order valence-corrected chi connectivity index (χ0v) is 12.6. The van der Waals surface area contributed by atoms with Crippen LogP contribution in [-0.4, -0.2) is 0 Å². The molecule has 1 aromatic heterocycles. The molecular formula is C15H10BrF2NS. The van der Waals surface area contributed by atoms with Crippen LogP contribution in [0.3, 0.4) is 0 Å².